The molecule has 350 valence electrons. The van der Waals surface area contributed by atoms with Crippen LogP contribution in [0.3, 0.4) is 0 Å². The van der Waals surface area contributed by atoms with E-state index in [1.165, 1.54) is 48.7 Å². The zero-order valence-corrected chi connectivity index (χ0v) is 36.3. The topological polar surface area (TPSA) is 278 Å². The Labute approximate surface area is 369 Å². The molecule has 2 aliphatic heterocycles. The van der Waals surface area contributed by atoms with Gasteiger partial charge in [0.2, 0.25) is 24.8 Å². The van der Waals surface area contributed by atoms with E-state index in [4.69, 9.17) is 61.3 Å². The fourth-order valence-corrected chi connectivity index (χ4v) is 6.93. The normalized spacial score (nSPS) is 24.9. The van der Waals surface area contributed by atoms with Gasteiger partial charge in [-0.05, 0) is 29.8 Å². The number of hydrogen-bond donors (Lipinski definition) is 0. The SMILES string of the molecule is CC(=O)OC[C@H]1O[C@@H](Oc2ccc(-c3coc4cc(O[C@@H]5O[C@H](COC(C)=O)[C@@H](OC(C)=O)[C@H](OC(C)=O)[C@H]5OC(C)=O)ccc4c3=O)cc2)[C@H](OC(C)=O)[C@@H](OC(C)=O)[C@@H]1OC(C)=O. The van der Waals surface area contributed by atoms with Crippen LogP contribution in [0.15, 0.2) is 57.9 Å². The maximum Gasteiger partial charge on any atom is 0.303 e. The predicted molar refractivity (Wildman–Crippen MR) is 213 cm³/mol. The van der Waals surface area contributed by atoms with Crippen molar-refractivity contribution >= 4 is 58.7 Å². The van der Waals surface area contributed by atoms with Crippen molar-refractivity contribution in [2.45, 2.75) is 117 Å². The number of ether oxygens (including phenoxy) is 12. The van der Waals surface area contributed by atoms with Crippen molar-refractivity contribution < 1.29 is 99.6 Å². The summed E-state index contributed by atoms with van der Waals surface area (Å²) >= 11 is 0. The lowest BCUT2D eigenvalue weighted by Gasteiger charge is -2.43. The standard InChI is InChI=1S/C43H46O22/c1-19(44)53-17-33-36(56-21(3)46)38(58-23(5)48)40(60-25(7)50)42(64-33)62-28-11-9-27(10-12-28)31-16-55-32-15-29(13-14-30(32)35(31)52)63-43-41(61-26(8)51)39(59-24(6)49)37(57-22(4)47)34(65-43)18-54-20(2)45/h9-16,33-34,36-43H,17-18H2,1-8H3/t33-,34-,36-,37-,38+,39+,40-,41-,42-,43-/m1/s1. The third-order valence-corrected chi connectivity index (χ3v) is 9.31. The number of rotatable bonds is 15. The van der Waals surface area contributed by atoms with Crippen molar-refractivity contribution in [3.8, 4) is 22.6 Å². The van der Waals surface area contributed by atoms with Gasteiger partial charge in [-0.1, -0.05) is 12.1 Å². The average molecular weight is 915 g/mol. The van der Waals surface area contributed by atoms with Crippen LogP contribution in [0.1, 0.15) is 55.4 Å². The van der Waals surface area contributed by atoms with Crippen LogP contribution in [0, 0.1) is 0 Å². The predicted octanol–water partition coefficient (Wildman–Crippen LogP) is 2.38. The first-order valence-electron chi connectivity index (χ1n) is 19.8. The third-order valence-electron chi connectivity index (χ3n) is 9.31. The van der Waals surface area contributed by atoms with Crippen molar-refractivity contribution in [3.63, 3.8) is 0 Å². The molecule has 0 amide bonds. The molecule has 2 fully saturated rings. The van der Waals surface area contributed by atoms with E-state index in [1.807, 2.05) is 0 Å². The zero-order chi connectivity index (χ0) is 47.7. The van der Waals surface area contributed by atoms with Gasteiger partial charge in [-0.3, -0.25) is 43.2 Å². The van der Waals surface area contributed by atoms with Gasteiger partial charge in [0, 0.05) is 61.5 Å². The summed E-state index contributed by atoms with van der Waals surface area (Å²) in [4.78, 5) is 110. The second-order valence-corrected chi connectivity index (χ2v) is 14.5. The molecule has 10 atom stereocenters. The lowest BCUT2D eigenvalue weighted by atomic mass is 9.98. The van der Waals surface area contributed by atoms with Crippen LogP contribution in [0.4, 0.5) is 0 Å². The second kappa shape index (κ2) is 21.5. The van der Waals surface area contributed by atoms with E-state index in [0.29, 0.717) is 5.56 Å². The largest absolute Gasteiger partial charge is 0.463 e. The highest BCUT2D eigenvalue weighted by Crippen LogP contribution is 2.34. The molecule has 0 N–H and O–H groups in total. The van der Waals surface area contributed by atoms with Crippen molar-refractivity contribution in [3.05, 3.63) is 59.0 Å². The molecular formula is C43H46O22. The maximum atomic E-state index is 13.8. The molecule has 0 bridgehead atoms. The van der Waals surface area contributed by atoms with E-state index in [9.17, 15) is 43.2 Å². The van der Waals surface area contributed by atoms with Gasteiger partial charge in [0.1, 0.15) is 48.8 Å². The summed E-state index contributed by atoms with van der Waals surface area (Å²) in [6, 6.07) is 10.1. The molecule has 0 radical (unpaired) electrons. The van der Waals surface area contributed by atoms with E-state index >= 15 is 0 Å². The number of fused-ring (bicyclic) bond motifs is 1. The van der Waals surface area contributed by atoms with Gasteiger partial charge in [-0.15, -0.1) is 0 Å². The maximum absolute atomic E-state index is 13.8. The quantitative estimate of drug-likeness (QED) is 0.156. The fraction of sp³-hybridized carbons (Fsp3) is 0.465. The van der Waals surface area contributed by atoms with Gasteiger partial charge in [-0.2, -0.15) is 0 Å². The summed E-state index contributed by atoms with van der Waals surface area (Å²) < 4.78 is 72.7. The van der Waals surface area contributed by atoms with Crippen LogP contribution in [0.25, 0.3) is 22.1 Å². The zero-order valence-electron chi connectivity index (χ0n) is 36.3. The summed E-state index contributed by atoms with van der Waals surface area (Å²) in [7, 11) is 0. The molecule has 2 aromatic carbocycles. The van der Waals surface area contributed by atoms with Crippen LogP contribution < -0.4 is 14.9 Å². The van der Waals surface area contributed by atoms with E-state index < -0.39 is 128 Å². The highest BCUT2D eigenvalue weighted by atomic mass is 16.7. The summed E-state index contributed by atoms with van der Waals surface area (Å²) in [5.74, 6) is -6.15. The molecule has 5 rings (SSSR count). The molecule has 0 unspecified atom stereocenters. The highest BCUT2D eigenvalue weighted by Gasteiger charge is 2.55. The summed E-state index contributed by atoms with van der Waals surface area (Å²) in [6.45, 7) is 7.87. The molecule has 0 saturated carbocycles. The third kappa shape index (κ3) is 13.0. The lowest BCUT2D eigenvalue weighted by molar-refractivity contribution is -0.288. The Kier molecular flexibility index (Phi) is 16.2. The van der Waals surface area contributed by atoms with Crippen molar-refractivity contribution in [1.82, 2.24) is 0 Å². The molecule has 0 aliphatic carbocycles. The Morgan fingerprint density at radius 2 is 0.862 bits per heavy atom. The smallest absolute Gasteiger partial charge is 0.303 e. The molecule has 0 spiro atoms. The van der Waals surface area contributed by atoms with Crippen molar-refractivity contribution in [2.75, 3.05) is 13.2 Å². The monoisotopic (exact) mass is 914 g/mol. The van der Waals surface area contributed by atoms with Crippen LogP contribution >= 0.6 is 0 Å². The number of esters is 8. The molecule has 2 saturated heterocycles. The van der Waals surface area contributed by atoms with Crippen molar-refractivity contribution in [1.29, 1.82) is 0 Å². The minimum atomic E-state index is -1.55. The first-order valence-corrected chi connectivity index (χ1v) is 19.8. The molecular weight excluding hydrogens is 868 g/mol. The number of hydrogen-bond acceptors (Lipinski definition) is 22. The number of carbonyl (C=O) groups excluding carboxylic acids is 8. The molecule has 65 heavy (non-hydrogen) atoms. The van der Waals surface area contributed by atoms with E-state index in [2.05, 4.69) is 0 Å². The fourth-order valence-electron chi connectivity index (χ4n) is 6.93. The average Bonchev–Trinajstić information content (AvgIpc) is 3.20. The Hall–Kier alpha value is -7.07. The molecule has 22 heteroatoms. The first-order chi connectivity index (χ1) is 30.7. The minimum absolute atomic E-state index is 0.0259. The molecule has 1 aromatic heterocycles. The van der Waals surface area contributed by atoms with Crippen molar-refractivity contribution in [2.24, 2.45) is 0 Å². The Morgan fingerprint density at radius 1 is 0.477 bits per heavy atom. The van der Waals surface area contributed by atoms with E-state index in [1.54, 1.807) is 0 Å². The first kappa shape index (κ1) is 49.0. The van der Waals surface area contributed by atoms with Crippen LogP contribution in [0.5, 0.6) is 11.5 Å². The van der Waals surface area contributed by atoms with Gasteiger partial charge in [0.15, 0.2) is 29.8 Å². The molecule has 2 aliphatic rings. The number of benzene rings is 2. The second-order valence-electron chi connectivity index (χ2n) is 14.5. The molecule has 3 heterocycles. The molecule has 22 nitrogen and oxygen atoms in total. The van der Waals surface area contributed by atoms with Gasteiger partial charge in [0.25, 0.3) is 0 Å². The minimum Gasteiger partial charge on any atom is -0.463 e. The van der Waals surface area contributed by atoms with Gasteiger partial charge in [-0.25, -0.2) is 0 Å². The van der Waals surface area contributed by atoms with Crippen LogP contribution in [0.2, 0.25) is 0 Å². The molecule has 3 aromatic rings. The van der Waals surface area contributed by atoms with Crippen LogP contribution in [-0.4, -0.2) is 122 Å². The van der Waals surface area contributed by atoms with E-state index in [0.717, 1.165) is 55.4 Å². The Balaban J connectivity index is 1.41. The highest BCUT2D eigenvalue weighted by molar-refractivity contribution is 5.82. The Bertz CT molecular complexity index is 2340. The van der Waals surface area contributed by atoms with Gasteiger partial charge >= 0.3 is 47.8 Å². The Morgan fingerprint density at radius 3 is 1.28 bits per heavy atom. The van der Waals surface area contributed by atoms with Gasteiger partial charge in [0.05, 0.1) is 10.9 Å². The summed E-state index contributed by atoms with van der Waals surface area (Å²) in [5.41, 5.74) is 0.0563. The van der Waals surface area contributed by atoms with E-state index in [-0.39, 0.29) is 28.0 Å². The summed E-state index contributed by atoms with van der Waals surface area (Å²) in [6.07, 6.45) is -13.1. The number of carbonyl (C=O) groups is 8. The summed E-state index contributed by atoms with van der Waals surface area (Å²) in [5, 5.41) is 0.106. The van der Waals surface area contributed by atoms with Gasteiger partial charge < -0.3 is 61.3 Å². The van der Waals surface area contributed by atoms with Crippen LogP contribution in [-0.2, 0) is 85.7 Å². The lowest BCUT2D eigenvalue weighted by Crippen LogP contribution is -2.63.